The molecule has 2 heterocycles. The number of hydrogen-bond acceptors (Lipinski definition) is 5. The van der Waals surface area contributed by atoms with Crippen LogP contribution >= 0.6 is 11.3 Å². The summed E-state index contributed by atoms with van der Waals surface area (Å²) in [7, 11) is 0. The first-order chi connectivity index (χ1) is 15.6. The predicted molar refractivity (Wildman–Crippen MR) is 126 cm³/mol. The summed E-state index contributed by atoms with van der Waals surface area (Å²) in [6.45, 7) is 6.16. The number of halogens is 1. The van der Waals surface area contributed by atoms with Gasteiger partial charge in [0.25, 0.3) is 0 Å². The Bertz CT molecular complexity index is 1100. The number of anilines is 1. The molecular weight excluding hydrogens is 427 g/mol. The second kappa shape index (κ2) is 10.6. The first-order valence-corrected chi connectivity index (χ1v) is 11.6. The molecular formula is C24H27FN4O2S. The van der Waals surface area contributed by atoms with Crippen molar-refractivity contribution in [3.8, 4) is 11.3 Å². The Kier molecular flexibility index (Phi) is 7.34. The molecule has 0 aliphatic carbocycles. The normalized spacial score (nSPS) is 14.6. The van der Waals surface area contributed by atoms with Crippen LogP contribution in [0, 0.1) is 5.82 Å². The fourth-order valence-corrected chi connectivity index (χ4v) is 4.61. The Morgan fingerprint density at radius 2 is 1.84 bits per heavy atom. The lowest BCUT2D eigenvalue weighted by Gasteiger charge is -2.28. The van der Waals surface area contributed by atoms with Gasteiger partial charge in [-0.1, -0.05) is 12.1 Å². The SMILES string of the molecule is CC(=O)NCCCn1c(-c2ccc(N3CCOCC3)cc2)csc1=Nc1ccc(F)cc1. The standard InChI is InChI=1S/C24H27FN4O2S/c1-18(30)26-11-2-12-29-23(17-32-24(29)27-21-7-5-20(25)6-8-21)19-3-9-22(10-4-19)28-13-15-31-16-14-28/h3-10,17H,2,11-16H2,1H3,(H,26,30). The molecule has 1 aliphatic rings. The number of thiazole rings is 1. The molecule has 0 bridgehead atoms. The van der Waals surface area contributed by atoms with E-state index in [-0.39, 0.29) is 11.7 Å². The van der Waals surface area contributed by atoms with Gasteiger partial charge in [-0.2, -0.15) is 0 Å². The van der Waals surface area contributed by atoms with Gasteiger partial charge in [-0.15, -0.1) is 11.3 Å². The molecule has 0 saturated carbocycles. The fraction of sp³-hybridized carbons (Fsp3) is 0.333. The van der Waals surface area contributed by atoms with E-state index in [4.69, 9.17) is 9.73 Å². The van der Waals surface area contributed by atoms with Crippen molar-refractivity contribution in [3.05, 3.63) is 64.5 Å². The summed E-state index contributed by atoms with van der Waals surface area (Å²) in [5, 5.41) is 4.95. The number of nitrogens with zero attached hydrogens (tertiary/aromatic N) is 3. The number of rotatable bonds is 7. The van der Waals surface area contributed by atoms with Crippen molar-refractivity contribution in [3.63, 3.8) is 0 Å². The highest BCUT2D eigenvalue weighted by Gasteiger charge is 2.13. The molecule has 1 fully saturated rings. The summed E-state index contributed by atoms with van der Waals surface area (Å²) in [6.07, 6.45) is 0.784. The lowest BCUT2D eigenvalue weighted by Crippen LogP contribution is -2.36. The molecule has 1 saturated heterocycles. The van der Waals surface area contributed by atoms with Crippen LogP contribution < -0.4 is 15.0 Å². The minimum atomic E-state index is -0.278. The number of carbonyl (C=O) groups excluding carboxylic acids is 1. The van der Waals surface area contributed by atoms with Crippen LogP contribution in [0.4, 0.5) is 15.8 Å². The third-order valence-corrected chi connectivity index (χ3v) is 6.18. The summed E-state index contributed by atoms with van der Waals surface area (Å²) in [4.78, 5) is 19.1. The minimum Gasteiger partial charge on any atom is -0.378 e. The van der Waals surface area contributed by atoms with Crippen molar-refractivity contribution in [2.45, 2.75) is 19.9 Å². The molecule has 3 aromatic rings. The van der Waals surface area contributed by atoms with Crippen molar-refractivity contribution in [2.24, 2.45) is 4.99 Å². The molecule has 1 aliphatic heterocycles. The zero-order valence-corrected chi connectivity index (χ0v) is 18.9. The molecule has 6 nitrogen and oxygen atoms in total. The number of benzene rings is 2. The van der Waals surface area contributed by atoms with Gasteiger partial charge in [-0.25, -0.2) is 9.38 Å². The van der Waals surface area contributed by atoms with Gasteiger partial charge in [0.15, 0.2) is 4.80 Å². The highest BCUT2D eigenvalue weighted by Crippen LogP contribution is 2.25. The van der Waals surface area contributed by atoms with E-state index in [1.165, 1.54) is 24.7 Å². The lowest BCUT2D eigenvalue weighted by atomic mass is 10.1. The highest BCUT2D eigenvalue weighted by atomic mass is 32.1. The van der Waals surface area contributed by atoms with Crippen LogP contribution in [-0.2, 0) is 16.1 Å². The molecule has 0 radical (unpaired) electrons. The van der Waals surface area contributed by atoms with Crippen molar-refractivity contribution in [1.82, 2.24) is 9.88 Å². The molecule has 0 spiro atoms. The topological polar surface area (TPSA) is 58.9 Å². The van der Waals surface area contributed by atoms with Crippen molar-refractivity contribution >= 4 is 28.6 Å². The lowest BCUT2D eigenvalue weighted by molar-refractivity contribution is -0.118. The quantitative estimate of drug-likeness (QED) is 0.550. The molecule has 168 valence electrons. The monoisotopic (exact) mass is 454 g/mol. The zero-order valence-electron chi connectivity index (χ0n) is 18.1. The first-order valence-electron chi connectivity index (χ1n) is 10.8. The second-order valence-corrected chi connectivity index (χ2v) is 8.46. The van der Waals surface area contributed by atoms with Gasteiger partial charge >= 0.3 is 0 Å². The average molecular weight is 455 g/mol. The van der Waals surface area contributed by atoms with E-state index in [1.807, 2.05) is 0 Å². The molecule has 2 aromatic carbocycles. The summed E-state index contributed by atoms with van der Waals surface area (Å²) in [5.41, 5.74) is 4.09. The molecule has 32 heavy (non-hydrogen) atoms. The van der Waals surface area contributed by atoms with Gasteiger partial charge in [-0.3, -0.25) is 4.79 Å². The van der Waals surface area contributed by atoms with Gasteiger partial charge in [-0.05, 0) is 48.4 Å². The number of carbonyl (C=O) groups is 1. The Balaban J connectivity index is 1.62. The van der Waals surface area contributed by atoms with Gasteiger partial charge in [0.1, 0.15) is 5.82 Å². The number of aromatic nitrogens is 1. The summed E-state index contributed by atoms with van der Waals surface area (Å²) >= 11 is 1.55. The third kappa shape index (κ3) is 5.63. The molecule has 1 amide bonds. The summed E-state index contributed by atoms with van der Waals surface area (Å²) in [5.74, 6) is -0.310. The Labute approximate surface area is 191 Å². The first kappa shape index (κ1) is 22.2. The van der Waals surface area contributed by atoms with E-state index in [0.717, 1.165) is 48.8 Å². The van der Waals surface area contributed by atoms with Crippen molar-refractivity contribution < 1.29 is 13.9 Å². The van der Waals surface area contributed by atoms with Crippen molar-refractivity contribution in [2.75, 3.05) is 37.7 Å². The molecule has 4 rings (SSSR count). The van der Waals surface area contributed by atoms with E-state index in [1.54, 1.807) is 23.5 Å². The predicted octanol–water partition coefficient (Wildman–Crippen LogP) is 3.95. The maximum atomic E-state index is 13.3. The van der Waals surface area contributed by atoms with Gasteiger partial charge in [0, 0.05) is 44.2 Å². The molecule has 1 N–H and O–H groups in total. The maximum Gasteiger partial charge on any atom is 0.216 e. The van der Waals surface area contributed by atoms with Gasteiger partial charge < -0.3 is 19.5 Å². The Morgan fingerprint density at radius 3 is 2.53 bits per heavy atom. The van der Waals surface area contributed by atoms with Crippen LogP contribution in [-0.4, -0.2) is 43.3 Å². The van der Waals surface area contributed by atoms with Crippen LogP contribution in [0.2, 0.25) is 0 Å². The number of hydrogen-bond donors (Lipinski definition) is 1. The zero-order chi connectivity index (χ0) is 22.3. The molecule has 8 heteroatoms. The minimum absolute atomic E-state index is 0.0320. The van der Waals surface area contributed by atoms with E-state index in [2.05, 4.69) is 44.4 Å². The largest absolute Gasteiger partial charge is 0.378 e. The maximum absolute atomic E-state index is 13.3. The van der Waals surface area contributed by atoms with Crippen LogP contribution in [0.15, 0.2) is 58.9 Å². The number of ether oxygens (including phenoxy) is 1. The smallest absolute Gasteiger partial charge is 0.216 e. The molecule has 0 atom stereocenters. The van der Waals surface area contributed by atoms with E-state index < -0.39 is 0 Å². The number of amides is 1. The average Bonchev–Trinajstić information content (AvgIpc) is 3.21. The van der Waals surface area contributed by atoms with Crippen LogP contribution in [0.1, 0.15) is 13.3 Å². The van der Waals surface area contributed by atoms with Crippen LogP contribution in [0.25, 0.3) is 11.3 Å². The van der Waals surface area contributed by atoms with Crippen LogP contribution in [0.5, 0.6) is 0 Å². The van der Waals surface area contributed by atoms with Crippen molar-refractivity contribution in [1.29, 1.82) is 0 Å². The third-order valence-electron chi connectivity index (χ3n) is 5.32. The number of nitrogens with one attached hydrogen (secondary N) is 1. The van der Waals surface area contributed by atoms with Crippen LogP contribution in [0.3, 0.4) is 0 Å². The van der Waals surface area contributed by atoms with E-state index in [0.29, 0.717) is 18.8 Å². The molecule has 1 aromatic heterocycles. The number of morpholine rings is 1. The summed E-state index contributed by atoms with van der Waals surface area (Å²) in [6, 6.07) is 14.8. The molecule has 0 unspecified atom stereocenters. The second-order valence-electron chi connectivity index (χ2n) is 7.63. The Hall–Kier alpha value is -2.97. The summed E-state index contributed by atoms with van der Waals surface area (Å²) < 4.78 is 20.9. The Morgan fingerprint density at radius 1 is 1.12 bits per heavy atom. The van der Waals surface area contributed by atoms with E-state index in [9.17, 15) is 9.18 Å². The van der Waals surface area contributed by atoms with Gasteiger partial charge in [0.05, 0.1) is 24.6 Å². The highest BCUT2D eigenvalue weighted by molar-refractivity contribution is 7.07. The fourth-order valence-electron chi connectivity index (χ4n) is 3.66. The van der Waals surface area contributed by atoms with E-state index >= 15 is 0 Å². The van der Waals surface area contributed by atoms with Gasteiger partial charge in [0.2, 0.25) is 5.91 Å².